The number of hydrogen-bond acceptors (Lipinski definition) is 6. The van der Waals surface area contributed by atoms with Crippen LogP contribution in [0.2, 0.25) is 0 Å². The maximum absolute atomic E-state index is 10.5. The first-order valence-corrected chi connectivity index (χ1v) is 4.23. The van der Waals surface area contributed by atoms with Crippen LogP contribution < -0.4 is 0 Å². The molecular formula is C8H14O7. The second-order valence-corrected chi connectivity index (χ2v) is 2.51. The van der Waals surface area contributed by atoms with Crippen LogP contribution in [-0.4, -0.2) is 44.5 Å². The Morgan fingerprint density at radius 1 is 1.27 bits per heavy atom. The van der Waals surface area contributed by atoms with E-state index in [9.17, 15) is 9.59 Å². The Bertz CT molecular complexity index is 199. The molecule has 0 aliphatic rings. The molecule has 0 aliphatic carbocycles. The fourth-order valence-electron chi connectivity index (χ4n) is 0.838. The van der Waals surface area contributed by atoms with Gasteiger partial charge < -0.3 is 24.1 Å². The van der Waals surface area contributed by atoms with Crippen LogP contribution in [0.4, 0.5) is 9.59 Å². The molecule has 0 bridgehead atoms. The van der Waals surface area contributed by atoms with Crippen LogP contribution >= 0.6 is 0 Å². The van der Waals surface area contributed by atoms with Crippen molar-refractivity contribution >= 4 is 12.3 Å². The molecule has 0 saturated heterocycles. The van der Waals surface area contributed by atoms with Gasteiger partial charge in [0.25, 0.3) is 0 Å². The molecule has 1 N–H and O–H groups in total. The van der Waals surface area contributed by atoms with Crippen LogP contribution in [-0.2, 0) is 18.9 Å². The van der Waals surface area contributed by atoms with Crippen LogP contribution in [0.15, 0.2) is 0 Å². The standard InChI is InChI=1S/C8H14O7/c1-12-6(13-2)4-3-5-14-8(11)15-7(9)10/h6H,3-5H2,1-2H3,(H,9,10). The van der Waals surface area contributed by atoms with Crippen molar-refractivity contribution in [1.29, 1.82) is 0 Å². The van der Waals surface area contributed by atoms with Crippen molar-refractivity contribution in [2.45, 2.75) is 19.1 Å². The number of carbonyl (C=O) groups is 2. The lowest BCUT2D eigenvalue weighted by Crippen LogP contribution is -2.16. The monoisotopic (exact) mass is 222 g/mol. The van der Waals surface area contributed by atoms with Crippen LogP contribution in [0, 0.1) is 0 Å². The van der Waals surface area contributed by atoms with E-state index in [1.165, 1.54) is 14.2 Å². The van der Waals surface area contributed by atoms with Gasteiger partial charge in [-0.05, 0) is 6.42 Å². The Morgan fingerprint density at radius 3 is 2.33 bits per heavy atom. The first-order valence-electron chi connectivity index (χ1n) is 4.23. The van der Waals surface area contributed by atoms with Crippen LogP contribution in [0.1, 0.15) is 12.8 Å². The summed E-state index contributed by atoms with van der Waals surface area (Å²) in [5.74, 6) is 0. The Hall–Kier alpha value is -1.34. The summed E-state index contributed by atoms with van der Waals surface area (Å²) in [4.78, 5) is 20.4. The highest BCUT2D eigenvalue weighted by molar-refractivity contribution is 5.75. The SMILES string of the molecule is COC(CCCOC(=O)OC(=O)O)OC. The lowest BCUT2D eigenvalue weighted by atomic mass is 10.3. The fourth-order valence-corrected chi connectivity index (χ4v) is 0.838. The minimum Gasteiger partial charge on any atom is -0.449 e. The molecule has 0 heterocycles. The summed E-state index contributed by atoms with van der Waals surface area (Å²) in [5, 5.41) is 8.04. The summed E-state index contributed by atoms with van der Waals surface area (Å²) in [5.41, 5.74) is 0. The third-order valence-electron chi connectivity index (χ3n) is 1.50. The maximum Gasteiger partial charge on any atom is 0.518 e. The molecule has 15 heavy (non-hydrogen) atoms. The summed E-state index contributed by atoms with van der Waals surface area (Å²) in [6, 6.07) is 0. The Labute approximate surface area is 86.9 Å². The third kappa shape index (κ3) is 7.71. The van der Waals surface area contributed by atoms with Gasteiger partial charge in [0.05, 0.1) is 6.61 Å². The second-order valence-electron chi connectivity index (χ2n) is 2.51. The molecule has 0 atom stereocenters. The number of hydrogen-bond donors (Lipinski definition) is 1. The van der Waals surface area contributed by atoms with E-state index in [4.69, 9.17) is 14.6 Å². The molecule has 0 aromatic heterocycles. The van der Waals surface area contributed by atoms with Crippen molar-refractivity contribution in [1.82, 2.24) is 0 Å². The number of carboxylic acid groups (broad SMARTS) is 1. The van der Waals surface area contributed by atoms with Crippen molar-refractivity contribution in [3.8, 4) is 0 Å². The molecule has 88 valence electrons. The van der Waals surface area contributed by atoms with E-state index in [1.54, 1.807) is 0 Å². The lowest BCUT2D eigenvalue weighted by Gasteiger charge is -2.12. The number of carbonyl (C=O) groups excluding carboxylic acids is 1. The summed E-state index contributed by atoms with van der Waals surface area (Å²) >= 11 is 0. The largest absolute Gasteiger partial charge is 0.518 e. The first-order chi connectivity index (χ1) is 7.10. The molecule has 0 radical (unpaired) electrons. The van der Waals surface area contributed by atoms with Gasteiger partial charge in [-0.15, -0.1) is 0 Å². The molecule has 7 nitrogen and oxygen atoms in total. The van der Waals surface area contributed by atoms with Gasteiger partial charge in [-0.25, -0.2) is 9.59 Å². The average Bonchev–Trinajstić information content (AvgIpc) is 2.17. The van der Waals surface area contributed by atoms with Crippen molar-refractivity contribution in [3.63, 3.8) is 0 Å². The highest BCUT2D eigenvalue weighted by Crippen LogP contribution is 2.02. The third-order valence-corrected chi connectivity index (χ3v) is 1.50. The van der Waals surface area contributed by atoms with Gasteiger partial charge in [0, 0.05) is 20.6 Å². The van der Waals surface area contributed by atoms with Crippen LogP contribution in [0.5, 0.6) is 0 Å². The number of methoxy groups -OCH3 is 2. The number of rotatable bonds is 6. The molecule has 0 fully saturated rings. The van der Waals surface area contributed by atoms with Crippen molar-refractivity contribution < 1.29 is 33.6 Å². The van der Waals surface area contributed by atoms with Gasteiger partial charge in [0.15, 0.2) is 6.29 Å². The number of ether oxygens (including phenoxy) is 4. The van der Waals surface area contributed by atoms with E-state index in [1.807, 2.05) is 0 Å². The van der Waals surface area contributed by atoms with Gasteiger partial charge in [0.1, 0.15) is 0 Å². The van der Waals surface area contributed by atoms with Crippen molar-refractivity contribution in [2.24, 2.45) is 0 Å². The minimum atomic E-state index is -1.69. The van der Waals surface area contributed by atoms with Crippen LogP contribution in [0.25, 0.3) is 0 Å². The zero-order valence-electron chi connectivity index (χ0n) is 8.60. The van der Waals surface area contributed by atoms with E-state index >= 15 is 0 Å². The van der Waals surface area contributed by atoms with E-state index in [-0.39, 0.29) is 12.9 Å². The van der Waals surface area contributed by atoms with E-state index < -0.39 is 12.3 Å². The zero-order valence-corrected chi connectivity index (χ0v) is 8.60. The molecule has 0 saturated carbocycles. The Morgan fingerprint density at radius 2 is 1.87 bits per heavy atom. The van der Waals surface area contributed by atoms with Crippen LogP contribution in [0.3, 0.4) is 0 Å². The molecular weight excluding hydrogens is 208 g/mol. The molecule has 0 unspecified atom stereocenters. The Kier molecular flexibility index (Phi) is 7.29. The predicted molar refractivity (Wildman–Crippen MR) is 47.5 cm³/mol. The molecule has 0 aromatic rings. The van der Waals surface area contributed by atoms with Crippen molar-refractivity contribution in [2.75, 3.05) is 20.8 Å². The van der Waals surface area contributed by atoms with Gasteiger partial charge >= 0.3 is 12.3 Å². The molecule has 0 rings (SSSR count). The quantitative estimate of drug-likeness (QED) is 0.312. The van der Waals surface area contributed by atoms with Gasteiger partial charge in [0.2, 0.25) is 0 Å². The molecule has 0 spiro atoms. The molecule has 7 heteroatoms. The minimum absolute atomic E-state index is 0.0509. The summed E-state index contributed by atoms with van der Waals surface area (Å²) in [6.45, 7) is 0.0509. The summed E-state index contributed by atoms with van der Waals surface area (Å²) in [7, 11) is 2.99. The maximum atomic E-state index is 10.5. The normalized spacial score (nSPS) is 10.1. The lowest BCUT2D eigenvalue weighted by molar-refractivity contribution is -0.108. The fraction of sp³-hybridized carbons (Fsp3) is 0.750. The smallest absolute Gasteiger partial charge is 0.449 e. The highest BCUT2D eigenvalue weighted by atomic mass is 16.8. The Balaban J connectivity index is 3.45. The molecule has 0 amide bonds. The topological polar surface area (TPSA) is 91.3 Å². The average molecular weight is 222 g/mol. The van der Waals surface area contributed by atoms with E-state index in [2.05, 4.69) is 9.47 Å². The van der Waals surface area contributed by atoms with E-state index in [0.717, 1.165) is 0 Å². The molecule has 0 aromatic carbocycles. The molecule has 0 aliphatic heterocycles. The van der Waals surface area contributed by atoms with Crippen molar-refractivity contribution in [3.05, 3.63) is 0 Å². The highest BCUT2D eigenvalue weighted by Gasteiger charge is 2.10. The van der Waals surface area contributed by atoms with Gasteiger partial charge in [-0.2, -0.15) is 0 Å². The zero-order chi connectivity index (χ0) is 11.7. The summed E-state index contributed by atoms with van der Waals surface area (Å²) in [6.07, 6.45) is -2.25. The summed E-state index contributed by atoms with van der Waals surface area (Å²) < 4.78 is 17.9. The van der Waals surface area contributed by atoms with Gasteiger partial charge in [-0.1, -0.05) is 0 Å². The predicted octanol–water partition coefficient (Wildman–Crippen LogP) is 1.22. The second kappa shape index (κ2) is 8.01. The first kappa shape index (κ1) is 13.7. The van der Waals surface area contributed by atoms with E-state index in [0.29, 0.717) is 12.8 Å². The van der Waals surface area contributed by atoms with Gasteiger partial charge in [-0.3, -0.25) is 0 Å².